The molecule has 3 saturated heterocycles. The van der Waals surface area contributed by atoms with Gasteiger partial charge in [-0.15, -0.1) is 11.3 Å². The van der Waals surface area contributed by atoms with Gasteiger partial charge in [-0.2, -0.15) is 0 Å². The van der Waals surface area contributed by atoms with Gasteiger partial charge >= 0.3 is 0 Å². The zero-order valence-corrected chi connectivity index (χ0v) is 19.2. The number of hydrogen-bond acceptors (Lipinski definition) is 8. The molecule has 0 radical (unpaired) electrons. The van der Waals surface area contributed by atoms with Gasteiger partial charge in [0, 0.05) is 38.1 Å². The van der Waals surface area contributed by atoms with E-state index in [0.29, 0.717) is 18.7 Å². The van der Waals surface area contributed by atoms with E-state index in [9.17, 15) is 18.0 Å². The molecule has 1 aromatic rings. The SMILES string of the molecule is CC(C)[C@@H]1C(=O)N(S(C)(=O)=O)[C@@H]2CCN(C(=O)c3csc(CN4CCNCC4)n3)[C@H]21. The number of thiazole rings is 1. The molecular weight excluding hydrogens is 426 g/mol. The second-order valence-electron chi connectivity index (χ2n) is 8.66. The van der Waals surface area contributed by atoms with E-state index in [2.05, 4.69) is 15.2 Å². The summed E-state index contributed by atoms with van der Waals surface area (Å²) in [4.78, 5) is 34.8. The maximum absolute atomic E-state index is 13.3. The molecule has 1 aromatic heterocycles. The standard InChI is InChI=1S/C19H29N5O4S2/c1-12(2)16-17-14(24(19(16)26)30(3,27)28)4-7-23(17)18(25)13-11-29-15(21-13)10-22-8-5-20-6-9-22/h11-12,14,16-17,20H,4-10H2,1-3H3/t14-,16+,17-/m1/s1. The predicted octanol–water partition coefficient (Wildman–Crippen LogP) is 0.205. The fraction of sp³-hybridized carbons (Fsp3) is 0.737. The Kier molecular flexibility index (Phi) is 5.90. The van der Waals surface area contributed by atoms with E-state index in [4.69, 9.17) is 0 Å². The normalized spacial score (nSPS) is 27.9. The highest BCUT2D eigenvalue weighted by Crippen LogP contribution is 2.41. The third-order valence-electron chi connectivity index (χ3n) is 6.27. The molecule has 11 heteroatoms. The van der Waals surface area contributed by atoms with Crippen LogP contribution in [0.5, 0.6) is 0 Å². The fourth-order valence-electron chi connectivity index (χ4n) is 4.96. The Balaban J connectivity index is 1.54. The lowest BCUT2D eigenvalue weighted by Gasteiger charge is -2.28. The largest absolute Gasteiger partial charge is 0.331 e. The van der Waals surface area contributed by atoms with Gasteiger partial charge in [0.1, 0.15) is 10.7 Å². The lowest BCUT2D eigenvalue weighted by molar-refractivity contribution is -0.129. The first-order valence-corrected chi connectivity index (χ1v) is 13.1. The monoisotopic (exact) mass is 455 g/mol. The summed E-state index contributed by atoms with van der Waals surface area (Å²) in [5, 5.41) is 6.00. The van der Waals surface area contributed by atoms with Crippen LogP contribution in [0.15, 0.2) is 5.38 Å². The second-order valence-corrected chi connectivity index (χ2v) is 11.5. The highest BCUT2D eigenvalue weighted by molar-refractivity contribution is 7.88. The maximum Gasteiger partial charge on any atom is 0.273 e. The van der Waals surface area contributed by atoms with Crippen LogP contribution in [0.1, 0.15) is 35.8 Å². The van der Waals surface area contributed by atoms with Gasteiger partial charge in [-0.05, 0) is 12.3 Å². The molecule has 4 rings (SSSR count). The van der Waals surface area contributed by atoms with Gasteiger partial charge in [0.25, 0.3) is 5.91 Å². The van der Waals surface area contributed by atoms with Gasteiger partial charge in [0.05, 0.1) is 30.8 Å². The highest BCUT2D eigenvalue weighted by Gasteiger charge is 2.58. The number of nitrogens with zero attached hydrogens (tertiary/aromatic N) is 4. The summed E-state index contributed by atoms with van der Waals surface area (Å²) in [7, 11) is -3.68. The van der Waals surface area contributed by atoms with Crippen LogP contribution in [0, 0.1) is 11.8 Å². The maximum atomic E-state index is 13.3. The number of amides is 2. The smallest absolute Gasteiger partial charge is 0.273 e. The second kappa shape index (κ2) is 8.18. The lowest BCUT2D eigenvalue weighted by atomic mass is 9.88. The Labute approximate surface area is 181 Å². The van der Waals surface area contributed by atoms with E-state index in [1.54, 1.807) is 10.3 Å². The average molecular weight is 456 g/mol. The summed E-state index contributed by atoms with van der Waals surface area (Å²) in [5.41, 5.74) is 0.388. The fourth-order valence-corrected chi connectivity index (χ4v) is 6.94. The summed E-state index contributed by atoms with van der Waals surface area (Å²) < 4.78 is 25.6. The number of carbonyl (C=O) groups excluding carboxylic acids is 2. The number of nitrogens with one attached hydrogen (secondary N) is 1. The van der Waals surface area contributed by atoms with E-state index in [-0.39, 0.29) is 11.8 Å². The zero-order chi connectivity index (χ0) is 21.6. The topological polar surface area (TPSA) is 103 Å². The van der Waals surface area contributed by atoms with Crippen molar-refractivity contribution < 1.29 is 18.0 Å². The van der Waals surface area contributed by atoms with E-state index in [1.165, 1.54) is 11.3 Å². The quantitative estimate of drug-likeness (QED) is 0.677. The van der Waals surface area contributed by atoms with Crippen LogP contribution in [0.3, 0.4) is 0 Å². The molecule has 0 unspecified atom stereocenters. The highest BCUT2D eigenvalue weighted by atomic mass is 32.2. The Morgan fingerprint density at radius 2 is 2.00 bits per heavy atom. The van der Waals surface area contributed by atoms with Gasteiger partial charge in [-0.1, -0.05) is 13.8 Å². The minimum atomic E-state index is -3.68. The van der Waals surface area contributed by atoms with Crippen molar-refractivity contribution >= 4 is 33.2 Å². The van der Waals surface area contributed by atoms with Gasteiger partial charge in [-0.3, -0.25) is 14.5 Å². The van der Waals surface area contributed by atoms with Gasteiger partial charge in [-0.25, -0.2) is 17.7 Å². The van der Waals surface area contributed by atoms with Crippen LogP contribution in [0.2, 0.25) is 0 Å². The van der Waals surface area contributed by atoms with E-state index in [0.717, 1.165) is 48.3 Å². The van der Waals surface area contributed by atoms with Crippen molar-refractivity contribution in [1.29, 1.82) is 0 Å². The molecule has 3 fully saturated rings. The number of fused-ring (bicyclic) bond motifs is 1. The van der Waals surface area contributed by atoms with E-state index >= 15 is 0 Å². The van der Waals surface area contributed by atoms with Gasteiger partial charge < -0.3 is 10.2 Å². The molecule has 3 atom stereocenters. The van der Waals surface area contributed by atoms with E-state index in [1.807, 2.05) is 13.8 Å². The minimum absolute atomic E-state index is 0.0659. The third kappa shape index (κ3) is 3.88. The van der Waals surface area contributed by atoms with Gasteiger partial charge in [0.15, 0.2) is 0 Å². The molecular formula is C19H29N5O4S2. The van der Waals surface area contributed by atoms with Crippen molar-refractivity contribution in [1.82, 2.24) is 24.4 Å². The number of likely N-dealkylation sites (tertiary alicyclic amines) is 1. The Hall–Kier alpha value is -1.56. The zero-order valence-electron chi connectivity index (χ0n) is 17.6. The summed E-state index contributed by atoms with van der Waals surface area (Å²) in [6.07, 6.45) is 1.54. The van der Waals surface area contributed by atoms with Crippen LogP contribution < -0.4 is 5.32 Å². The first-order chi connectivity index (χ1) is 14.2. The van der Waals surface area contributed by atoms with Crippen LogP contribution in [0.4, 0.5) is 0 Å². The molecule has 2 amide bonds. The summed E-state index contributed by atoms with van der Waals surface area (Å²) >= 11 is 1.47. The van der Waals surface area contributed by atoms with Crippen molar-refractivity contribution in [2.45, 2.75) is 38.9 Å². The summed E-state index contributed by atoms with van der Waals surface area (Å²) in [6.45, 7) is 8.78. The average Bonchev–Trinajstić information content (AvgIpc) is 3.35. The minimum Gasteiger partial charge on any atom is -0.331 e. The number of piperazine rings is 1. The van der Waals surface area contributed by atoms with Crippen LogP contribution >= 0.6 is 11.3 Å². The molecule has 9 nitrogen and oxygen atoms in total. The molecule has 30 heavy (non-hydrogen) atoms. The number of hydrogen-bond donors (Lipinski definition) is 1. The number of sulfonamides is 1. The van der Waals surface area contributed by atoms with Crippen molar-refractivity contribution in [2.24, 2.45) is 11.8 Å². The van der Waals surface area contributed by atoms with Gasteiger partial charge in [0.2, 0.25) is 15.9 Å². The molecule has 166 valence electrons. The Morgan fingerprint density at radius 3 is 2.63 bits per heavy atom. The third-order valence-corrected chi connectivity index (χ3v) is 8.27. The first-order valence-electron chi connectivity index (χ1n) is 10.4. The van der Waals surface area contributed by atoms with Crippen LogP contribution in [-0.2, 0) is 21.4 Å². The molecule has 0 saturated carbocycles. The molecule has 1 N–H and O–H groups in total. The number of carbonyl (C=O) groups is 2. The van der Waals surface area contributed by atoms with Crippen molar-refractivity contribution in [3.63, 3.8) is 0 Å². The van der Waals surface area contributed by atoms with E-state index < -0.39 is 33.9 Å². The molecule has 0 bridgehead atoms. The summed E-state index contributed by atoms with van der Waals surface area (Å²) in [5.74, 6) is -1.18. The summed E-state index contributed by atoms with van der Waals surface area (Å²) in [6, 6.07) is -0.916. The van der Waals surface area contributed by atoms with Crippen LogP contribution in [-0.4, -0.2) is 90.4 Å². The van der Waals surface area contributed by atoms with Crippen LogP contribution in [0.25, 0.3) is 0 Å². The molecule has 3 aliphatic rings. The molecule has 0 aliphatic carbocycles. The van der Waals surface area contributed by atoms with Crippen molar-refractivity contribution in [3.8, 4) is 0 Å². The lowest BCUT2D eigenvalue weighted by Crippen LogP contribution is -2.44. The Morgan fingerprint density at radius 1 is 1.30 bits per heavy atom. The molecule has 3 aliphatic heterocycles. The first kappa shape index (κ1) is 21.7. The number of aromatic nitrogens is 1. The van der Waals surface area contributed by atoms with Crippen molar-refractivity contribution in [3.05, 3.63) is 16.1 Å². The number of rotatable bonds is 5. The molecule has 0 spiro atoms. The Bertz CT molecular complexity index is 925. The molecule has 4 heterocycles. The van der Waals surface area contributed by atoms with Crippen molar-refractivity contribution in [2.75, 3.05) is 39.0 Å². The molecule has 0 aromatic carbocycles. The predicted molar refractivity (Wildman–Crippen MR) is 114 cm³/mol.